The summed E-state index contributed by atoms with van der Waals surface area (Å²) in [5.74, 6) is 0. The zero-order chi connectivity index (χ0) is 12.7. The molecule has 1 N–H and O–H groups in total. The van der Waals surface area contributed by atoms with Gasteiger partial charge < -0.3 is 9.84 Å². The standard InChI is InChI=1S/C15H24O2/c1-4-5-6-9-17-11-15(16)14-10-12(2)7-8-13(14)3/h7-8,10,15-16H,4-6,9,11H2,1-3H3. The number of unbranched alkanes of at least 4 members (excludes halogenated alkanes) is 2. The molecule has 1 aromatic rings. The first kappa shape index (κ1) is 14.2. The number of benzene rings is 1. The normalized spacial score (nSPS) is 12.7. The molecule has 0 aliphatic rings. The molecule has 1 rings (SSSR count). The summed E-state index contributed by atoms with van der Waals surface area (Å²) in [6.07, 6.45) is 2.97. The molecular formula is C15H24O2. The van der Waals surface area contributed by atoms with E-state index in [1.165, 1.54) is 18.4 Å². The second kappa shape index (κ2) is 7.46. The third-order valence-electron chi connectivity index (χ3n) is 2.96. The van der Waals surface area contributed by atoms with Crippen LogP contribution in [0.15, 0.2) is 18.2 Å². The van der Waals surface area contributed by atoms with Gasteiger partial charge in [0, 0.05) is 6.61 Å². The number of hydrogen-bond donors (Lipinski definition) is 1. The first-order chi connectivity index (χ1) is 8.15. The van der Waals surface area contributed by atoms with Crippen molar-refractivity contribution >= 4 is 0 Å². The molecule has 0 amide bonds. The van der Waals surface area contributed by atoms with Gasteiger partial charge >= 0.3 is 0 Å². The Morgan fingerprint density at radius 2 is 2.00 bits per heavy atom. The van der Waals surface area contributed by atoms with Crippen LogP contribution >= 0.6 is 0 Å². The topological polar surface area (TPSA) is 29.5 Å². The summed E-state index contributed by atoms with van der Waals surface area (Å²) in [5, 5.41) is 10.1. The molecule has 2 heteroatoms. The molecule has 2 nitrogen and oxygen atoms in total. The van der Waals surface area contributed by atoms with Gasteiger partial charge in [-0.3, -0.25) is 0 Å². The minimum Gasteiger partial charge on any atom is -0.386 e. The van der Waals surface area contributed by atoms with Crippen LogP contribution in [0.4, 0.5) is 0 Å². The van der Waals surface area contributed by atoms with Crippen LogP contribution in [-0.4, -0.2) is 18.3 Å². The van der Waals surface area contributed by atoms with Crippen molar-refractivity contribution < 1.29 is 9.84 Å². The number of aryl methyl sites for hydroxylation is 2. The number of ether oxygens (including phenoxy) is 1. The Labute approximate surface area is 105 Å². The van der Waals surface area contributed by atoms with Crippen LogP contribution in [0.1, 0.15) is 49.0 Å². The lowest BCUT2D eigenvalue weighted by Crippen LogP contribution is -2.09. The highest BCUT2D eigenvalue weighted by Crippen LogP contribution is 2.19. The maximum atomic E-state index is 10.1. The van der Waals surface area contributed by atoms with E-state index in [0.717, 1.165) is 24.2 Å². The fraction of sp³-hybridized carbons (Fsp3) is 0.600. The number of rotatable bonds is 7. The van der Waals surface area contributed by atoms with Gasteiger partial charge in [0.2, 0.25) is 0 Å². The van der Waals surface area contributed by atoms with Crippen LogP contribution in [0.5, 0.6) is 0 Å². The van der Waals surface area contributed by atoms with E-state index in [2.05, 4.69) is 13.0 Å². The molecule has 0 saturated carbocycles. The largest absolute Gasteiger partial charge is 0.386 e. The molecule has 17 heavy (non-hydrogen) atoms. The van der Waals surface area contributed by atoms with E-state index in [1.54, 1.807) is 0 Å². The second-order valence-electron chi connectivity index (χ2n) is 4.66. The molecule has 0 fully saturated rings. The van der Waals surface area contributed by atoms with Gasteiger partial charge in [0.1, 0.15) is 6.10 Å². The van der Waals surface area contributed by atoms with Crippen LogP contribution in [0.2, 0.25) is 0 Å². The molecule has 0 aliphatic carbocycles. The highest BCUT2D eigenvalue weighted by Gasteiger charge is 2.10. The molecule has 96 valence electrons. The van der Waals surface area contributed by atoms with Gasteiger partial charge in [0.25, 0.3) is 0 Å². The first-order valence-corrected chi connectivity index (χ1v) is 6.48. The summed E-state index contributed by atoms with van der Waals surface area (Å²) in [6.45, 7) is 7.38. The molecule has 0 spiro atoms. The van der Waals surface area contributed by atoms with Crippen molar-refractivity contribution in [3.63, 3.8) is 0 Å². The van der Waals surface area contributed by atoms with E-state index in [1.807, 2.05) is 26.0 Å². The van der Waals surface area contributed by atoms with Gasteiger partial charge in [0.15, 0.2) is 0 Å². The summed E-state index contributed by atoms with van der Waals surface area (Å²) < 4.78 is 5.50. The maximum absolute atomic E-state index is 10.1. The summed E-state index contributed by atoms with van der Waals surface area (Å²) in [7, 11) is 0. The highest BCUT2D eigenvalue weighted by molar-refractivity contribution is 5.32. The summed E-state index contributed by atoms with van der Waals surface area (Å²) in [4.78, 5) is 0. The zero-order valence-electron chi connectivity index (χ0n) is 11.2. The lowest BCUT2D eigenvalue weighted by molar-refractivity contribution is 0.0342. The molecule has 0 radical (unpaired) electrons. The lowest BCUT2D eigenvalue weighted by atomic mass is 10.0. The summed E-state index contributed by atoms with van der Waals surface area (Å²) >= 11 is 0. The van der Waals surface area contributed by atoms with Crippen molar-refractivity contribution in [3.8, 4) is 0 Å². The van der Waals surface area contributed by atoms with Crippen molar-refractivity contribution in [2.24, 2.45) is 0 Å². The van der Waals surface area contributed by atoms with Crippen LogP contribution in [0.25, 0.3) is 0 Å². The van der Waals surface area contributed by atoms with E-state index >= 15 is 0 Å². The van der Waals surface area contributed by atoms with E-state index < -0.39 is 6.10 Å². The number of hydrogen-bond acceptors (Lipinski definition) is 2. The second-order valence-corrected chi connectivity index (χ2v) is 4.66. The molecule has 1 aromatic carbocycles. The molecule has 1 unspecified atom stereocenters. The first-order valence-electron chi connectivity index (χ1n) is 6.48. The van der Waals surface area contributed by atoms with Gasteiger partial charge in [-0.05, 0) is 31.4 Å². The third-order valence-corrected chi connectivity index (χ3v) is 2.96. The van der Waals surface area contributed by atoms with E-state index in [9.17, 15) is 5.11 Å². The van der Waals surface area contributed by atoms with Crippen molar-refractivity contribution in [2.75, 3.05) is 13.2 Å². The summed E-state index contributed by atoms with van der Waals surface area (Å²) in [5.41, 5.74) is 3.29. The predicted octanol–water partition coefficient (Wildman–Crippen LogP) is 3.54. The third kappa shape index (κ3) is 4.88. The van der Waals surface area contributed by atoms with E-state index in [0.29, 0.717) is 6.61 Å². The van der Waals surface area contributed by atoms with Gasteiger partial charge in [-0.15, -0.1) is 0 Å². The Kier molecular flexibility index (Phi) is 6.23. The monoisotopic (exact) mass is 236 g/mol. The highest BCUT2D eigenvalue weighted by atomic mass is 16.5. The smallest absolute Gasteiger partial charge is 0.103 e. The average molecular weight is 236 g/mol. The molecule has 1 atom stereocenters. The molecule has 0 aromatic heterocycles. The molecule has 0 aliphatic heterocycles. The minimum absolute atomic E-state index is 0.397. The Balaban J connectivity index is 2.41. The van der Waals surface area contributed by atoms with Gasteiger partial charge in [0.05, 0.1) is 6.61 Å². The van der Waals surface area contributed by atoms with Crippen LogP contribution < -0.4 is 0 Å². The van der Waals surface area contributed by atoms with Crippen molar-refractivity contribution in [1.29, 1.82) is 0 Å². The Hall–Kier alpha value is -0.860. The van der Waals surface area contributed by atoms with E-state index in [-0.39, 0.29) is 0 Å². The average Bonchev–Trinajstić information content (AvgIpc) is 2.32. The van der Waals surface area contributed by atoms with Crippen molar-refractivity contribution in [1.82, 2.24) is 0 Å². The molecule has 0 bridgehead atoms. The SMILES string of the molecule is CCCCCOCC(O)c1cc(C)ccc1C. The number of aliphatic hydroxyl groups is 1. The zero-order valence-corrected chi connectivity index (χ0v) is 11.2. The maximum Gasteiger partial charge on any atom is 0.103 e. The fourth-order valence-electron chi connectivity index (χ4n) is 1.86. The lowest BCUT2D eigenvalue weighted by Gasteiger charge is -2.14. The minimum atomic E-state index is -0.503. The van der Waals surface area contributed by atoms with Crippen LogP contribution in [0.3, 0.4) is 0 Å². The summed E-state index contributed by atoms with van der Waals surface area (Å²) in [6, 6.07) is 6.15. The van der Waals surface area contributed by atoms with E-state index in [4.69, 9.17) is 4.74 Å². The quantitative estimate of drug-likeness (QED) is 0.734. The van der Waals surface area contributed by atoms with Crippen molar-refractivity contribution in [3.05, 3.63) is 34.9 Å². The van der Waals surface area contributed by atoms with Crippen LogP contribution in [-0.2, 0) is 4.74 Å². The van der Waals surface area contributed by atoms with Gasteiger partial charge in [-0.2, -0.15) is 0 Å². The van der Waals surface area contributed by atoms with Gasteiger partial charge in [-0.1, -0.05) is 43.5 Å². The molecule has 0 heterocycles. The van der Waals surface area contributed by atoms with Crippen LogP contribution in [0, 0.1) is 13.8 Å². The molecule has 0 saturated heterocycles. The Bertz CT molecular complexity index is 334. The fourth-order valence-corrected chi connectivity index (χ4v) is 1.86. The van der Waals surface area contributed by atoms with Gasteiger partial charge in [-0.25, -0.2) is 0 Å². The Morgan fingerprint density at radius 3 is 2.71 bits per heavy atom. The predicted molar refractivity (Wildman–Crippen MR) is 71.2 cm³/mol. The molecular weight excluding hydrogens is 212 g/mol. The number of aliphatic hydroxyl groups excluding tert-OH is 1. The Morgan fingerprint density at radius 1 is 1.24 bits per heavy atom. The van der Waals surface area contributed by atoms with Crippen molar-refractivity contribution in [2.45, 2.75) is 46.1 Å².